The molecule has 0 saturated heterocycles. The van der Waals surface area contributed by atoms with Crippen molar-refractivity contribution in [2.75, 3.05) is 12.0 Å². The molecule has 1 heterocycles. The Morgan fingerprint density at radius 3 is 2.93 bits per heavy atom. The van der Waals surface area contributed by atoms with Crippen LogP contribution in [0, 0.1) is 0 Å². The monoisotopic (exact) mass is 224 g/mol. The van der Waals surface area contributed by atoms with E-state index >= 15 is 0 Å². The minimum absolute atomic E-state index is 0.696. The summed E-state index contributed by atoms with van der Waals surface area (Å²) in [6.45, 7) is 0. The molecule has 14 heavy (non-hydrogen) atoms. The summed E-state index contributed by atoms with van der Waals surface area (Å²) >= 11 is 7.50. The molecule has 2 rings (SSSR count). The minimum Gasteiger partial charge on any atom is -0.397 e. The SMILES string of the molecule is CSc1c(N)cnc2cc(Cl)ccc12. The fourth-order valence-electron chi connectivity index (χ4n) is 1.38. The highest BCUT2D eigenvalue weighted by Gasteiger charge is 2.05. The lowest BCUT2D eigenvalue weighted by Crippen LogP contribution is -1.91. The Hall–Kier alpha value is -0.930. The number of nitrogen functional groups attached to an aromatic ring is 1. The maximum atomic E-state index is 5.88. The summed E-state index contributed by atoms with van der Waals surface area (Å²) in [6.07, 6.45) is 3.67. The lowest BCUT2D eigenvalue weighted by molar-refractivity contribution is 1.36. The maximum Gasteiger partial charge on any atom is 0.0729 e. The summed E-state index contributed by atoms with van der Waals surface area (Å²) < 4.78 is 0. The summed E-state index contributed by atoms with van der Waals surface area (Å²) in [7, 11) is 0. The molecule has 72 valence electrons. The van der Waals surface area contributed by atoms with Crippen LogP contribution < -0.4 is 5.73 Å². The largest absolute Gasteiger partial charge is 0.397 e. The van der Waals surface area contributed by atoms with Gasteiger partial charge in [0.15, 0.2) is 0 Å². The second-order valence-electron chi connectivity index (χ2n) is 2.91. The van der Waals surface area contributed by atoms with Crippen LogP contribution in [0.5, 0.6) is 0 Å². The van der Waals surface area contributed by atoms with Gasteiger partial charge in [-0.25, -0.2) is 0 Å². The average molecular weight is 225 g/mol. The molecule has 0 unspecified atom stereocenters. The number of fused-ring (bicyclic) bond motifs is 1. The molecule has 2 N–H and O–H groups in total. The molecule has 0 atom stereocenters. The highest BCUT2D eigenvalue weighted by molar-refractivity contribution is 7.99. The van der Waals surface area contributed by atoms with Gasteiger partial charge in [0, 0.05) is 15.3 Å². The van der Waals surface area contributed by atoms with E-state index in [2.05, 4.69) is 4.98 Å². The van der Waals surface area contributed by atoms with Crippen LogP contribution in [0.2, 0.25) is 5.02 Å². The Morgan fingerprint density at radius 2 is 2.21 bits per heavy atom. The highest BCUT2D eigenvalue weighted by atomic mass is 35.5. The Kier molecular flexibility index (Phi) is 2.52. The number of rotatable bonds is 1. The molecule has 2 nitrogen and oxygen atoms in total. The first-order valence-electron chi connectivity index (χ1n) is 4.10. The lowest BCUT2D eigenvalue weighted by atomic mass is 10.2. The van der Waals surface area contributed by atoms with E-state index in [1.165, 1.54) is 0 Å². The molecule has 0 bridgehead atoms. The maximum absolute atomic E-state index is 5.88. The molecule has 1 aromatic heterocycles. The van der Waals surface area contributed by atoms with Gasteiger partial charge >= 0.3 is 0 Å². The Labute approximate surface area is 91.5 Å². The van der Waals surface area contributed by atoms with E-state index in [0.29, 0.717) is 10.7 Å². The molecular formula is C10H9ClN2S. The van der Waals surface area contributed by atoms with Crippen molar-refractivity contribution in [2.45, 2.75) is 4.90 Å². The topological polar surface area (TPSA) is 38.9 Å². The molecule has 4 heteroatoms. The van der Waals surface area contributed by atoms with Crippen molar-refractivity contribution < 1.29 is 0 Å². The number of hydrogen-bond donors (Lipinski definition) is 1. The number of thioether (sulfide) groups is 1. The van der Waals surface area contributed by atoms with Crippen LogP contribution in [-0.2, 0) is 0 Å². The fraction of sp³-hybridized carbons (Fsp3) is 0.100. The third-order valence-corrected chi connectivity index (χ3v) is 3.11. The summed E-state index contributed by atoms with van der Waals surface area (Å²) in [5.41, 5.74) is 7.42. The van der Waals surface area contributed by atoms with Crippen LogP contribution in [0.3, 0.4) is 0 Å². The van der Waals surface area contributed by atoms with E-state index < -0.39 is 0 Å². The normalized spacial score (nSPS) is 10.7. The van der Waals surface area contributed by atoms with Crippen LogP contribution >= 0.6 is 23.4 Å². The zero-order chi connectivity index (χ0) is 10.1. The summed E-state index contributed by atoms with van der Waals surface area (Å²) in [4.78, 5) is 5.29. The van der Waals surface area contributed by atoms with Crippen molar-refractivity contribution in [3.63, 3.8) is 0 Å². The number of nitrogens with two attached hydrogens (primary N) is 1. The molecule has 0 saturated carbocycles. The first-order valence-corrected chi connectivity index (χ1v) is 5.70. The molecular weight excluding hydrogens is 216 g/mol. The Bertz CT molecular complexity index is 485. The van der Waals surface area contributed by atoms with Gasteiger partial charge < -0.3 is 5.73 Å². The van der Waals surface area contributed by atoms with Crippen LogP contribution in [0.25, 0.3) is 10.9 Å². The van der Waals surface area contributed by atoms with Gasteiger partial charge in [-0.3, -0.25) is 4.98 Å². The number of hydrogen-bond acceptors (Lipinski definition) is 3. The lowest BCUT2D eigenvalue weighted by Gasteiger charge is -2.06. The molecule has 0 fully saturated rings. The van der Waals surface area contributed by atoms with Gasteiger partial charge in [-0.2, -0.15) is 0 Å². The number of benzene rings is 1. The number of halogens is 1. The van der Waals surface area contributed by atoms with Crippen molar-refractivity contribution >= 4 is 40.0 Å². The van der Waals surface area contributed by atoms with E-state index in [1.54, 1.807) is 18.0 Å². The highest BCUT2D eigenvalue weighted by Crippen LogP contribution is 2.31. The minimum atomic E-state index is 0.696. The van der Waals surface area contributed by atoms with Gasteiger partial charge in [0.2, 0.25) is 0 Å². The zero-order valence-electron chi connectivity index (χ0n) is 7.62. The van der Waals surface area contributed by atoms with Gasteiger partial charge in [0.1, 0.15) is 0 Å². The average Bonchev–Trinajstić information content (AvgIpc) is 2.18. The third-order valence-electron chi connectivity index (χ3n) is 2.01. The molecule has 0 aliphatic rings. The standard InChI is InChI=1S/C10H9ClN2S/c1-14-10-7-3-2-6(11)4-9(7)13-5-8(10)12/h2-5H,12H2,1H3. The van der Waals surface area contributed by atoms with E-state index in [-0.39, 0.29) is 0 Å². The quantitative estimate of drug-likeness (QED) is 0.757. The molecule has 0 aliphatic carbocycles. The van der Waals surface area contributed by atoms with Gasteiger partial charge in [0.25, 0.3) is 0 Å². The Balaban J connectivity index is 2.82. The first kappa shape index (κ1) is 9.62. The molecule has 0 spiro atoms. The third kappa shape index (κ3) is 1.53. The Morgan fingerprint density at radius 1 is 1.43 bits per heavy atom. The van der Waals surface area contributed by atoms with Gasteiger partial charge in [-0.05, 0) is 18.4 Å². The van der Waals surface area contributed by atoms with E-state index in [0.717, 1.165) is 15.8 Å². The van der Waals surface area contributed by atoms with Crippen LogP contribution in [-0.4, -0.2) is 11.2 Å². The van der Waals surface area contributed by atoms with Gasteiger partial charge in [-0.15, -0.1) is 11.8 Å². The molecule has 1 aromatic carbocycles. The van der Waals surface area contributed by atoms with Crippen molar-refractivity contribution in [3.05, 3.63) is 29.4 Å². The summed E-state index contributed by atoms with van der Waals surface area (Å²) in [5.74, 6) is 0. The number of aromatic nitrogens is 1. The van der Waals surface area contributed by atoms with Crippen LogP contribution in [0.1, 0.15) is 0 Å². The molecule has 0 amide bonds. The number of nitrogens with zero attached hydrogens (tertiary/aromatic N) is 1. The van der Waals surface area contributed by atoms with Crippen LogP contribution in [0.15, 0.2) is 29.3 Å². The number of anilines is 1. The first-order chi connectivity index (χ1) is 6.72. The van der Waals surface area contributed by atoms with Crippen molar-refractivity contribution in [3.8, 4) is 0 Å². The zero-order valence-corrected chi connectivity index (χ0v) is 9.19. The second-order valence-corrected chi connectivity index (χ2v) is 4.16. The van der Waals surface area contributed by atoms with Crippen LogP contribution in [0.4, 0.5) is 5.69 Å². The van der Waals surface area contributed by atoms with Crippen molar-refractivity contribution in [1.82, 2.24) is 4.98 Å². The van der Waals surface area contributed by atoms with Crippen molar-refractivity contribution in [1.29, 1.82) is 0 Å². The smallest absolute Gasteiger partial charge is 0.0729 e. The van der Waals surface area contributed by atoms with E-state index in [9.17, 15) is 0 Å². The summed E-state index contributed by atoms with van der Waals surface area (Å²) in [6, 6.07) is 5.65. The van der Waals surface area contributed by atoms with E-state index in [1.807, 2.05) is 24.5 Å². The molecule has 0 aliphatic heterocycles. The van der Waals surface area contributed by atoms with E-state index in [4.69, 9.17) is 17.3 Å². The predicted molar refractivity (Wildman–Crippen MR) is 62.9 cm³/mol. The summed E-state index contributed by atoms with van der Waals surface area (Å²) in [5, 5.41) is 1.75. The van der Waals surface area contributed by atoms with Crippen molar-refractivity contribution in [2.24, 2.45) is 0 Å². The number of pyridine rings is 1. The predicted octanol–water partition coefficient (Wildman–Crippen LogP) is 3.19. The fourth-order valence-corrected chi connectivity index (χ4v) is 2.23. The molecule has 2 aromatic rings. The van der Waals surface area contributed by atoms with Gasteiger partial charge in [-0.1, -0.05) is 17.7 Å². The van der Waals surface area contributed by atoms with Gasteiger partial charge in [0.05, 0.1) is 17.4 Å². The molecule has 0 radical (unpaired) electrons. The second kappa shape index (κ2) is 3.67.